The number of urea groups is 1. The minimum absolute atomic E-state index is 0.0660. The van der Waals surface area contributed by atoms with E-state index in [0.717, 1.165) is 25.7 Å². The van der Waals surface area contributed by atoms with E-state index in [9.17, 15) is 14.7 Å². The van der Waals surface area contributed by atoms with Gasteiger partial charge in [0.1, 0.15) is 5.60 Å². The predicted octanol–water partition coefficient (Wildman–Crippen LogP) is -0.240. The second-order valence-electron chi connectivity index (χ2n) is 6.20. The number of aliphatic hydroxyl groups is 1. The van der Waals surface area contributed by atoms with E-state index in [4.69, 9.17) is 5.73 Å². The first-order valence-electron chi connectivity index (χ1n) is 7.05. The number of hydrogen-bond acceptors (Lipinski definition) is 3. The summed E-state index contributed by atoms with van der Waals surface area (Å²) in [6.45, 7) is 1.99. The Balaban J connectivity index is 1.55. The molecule has 6 heteroatoms. The number of piperidine rings is 1. The fraction of sp³-hybridized carbons (Fsp3) is 0.846. The number of nitrogens with zero attached hydrogens (tertiary/aromatic N) is 2. The van der Waals surface area contributed by atoms with Gasteiger partial charge in [0.2, 0.25) is 5.91 Å². The molecule has 1 unspecified atom stereocenters. The summed E-state index contributed by atoms with van der Waals surface area (Å²) < 4.78 is 0. The van der Waals surface area contributed by atoms with E-state index in [1.54, 1.807) is 9.80 Å². The largest absolute Gasteiger partial charge is 0.386 e. The van der Waals surface area contributed by atoms with E-state index >= 15 is 0 Å². The third-order valence-corrected chi connectivity index (χ3v) is 4.66. The van der Waals surface area contributed by atoms with Crippen molar-refractivity contribution in [1.82, 2.24) is 9.80 Å². The zero-order chi connectivity index (χ0) is 13.6. The maximum absolute atomic E-state index is 12.3. The molecule has 2 aliphatic heterocycles. The van der Waals surface area contributed by atoms with Crippen LogP contribution >= 0.6 is 0 Å². The van der Waals surface area contributed by atoms with Crippen molar-refractivity contribution in [3.05, 3.63) is 0 Å². The van der Waals surface area contributed by atoms with Crippen LogP contribution in [0.15, 0.2) is 0 Å². The van der Waals surface area contributed by atoms with Gasteiger partial charge in [-0.2, -0.15) is 0 Å². The van der Waals surface area contributed by atoms with Crippen molar-refractivity contribution in [3.63, 3.8) is 0 Å². The highest BCUT2D eigenvalue weighted by molar-refractivity contribution is 5.81. The van der Waals surface area contributed by atoms with Gasteiger partial charge in [0, 0.05) is 13.1 Å². The molecular weight excluding hydrogens is 246 g/mol. The van der Waals surface area contributed by atoms with Crippen LogP contribution < -0.4 is 5.73 Å². The number of primary amides is 1. The van der Waals surface area contributed by atoms with Crippen molar-refractivity contribution in [1.29, 1.82) is 0 Å². The van der Waals surface area contributed by atoms with Gasteiger partial charge in [0.25, 0.3) is 0 Å². The van der Waals surface area contributed by atoms with E-state index in [1.165, 1.54) is 0 Å². The maximum Gasteiger partial charge on any atom is 0.314 e. The van der Waals surface area contributed by atoms with Gasteiger partial charge in [0.15, 0.2) is 0 Å². The van der Waals surface area contributed by atoms with Gasteiger partial charge in [-0.25, -0.2) is 4.79 Å². The highest BCUT2D eigenvalue weighted by atomic mass is 16.3. The molecule has 3 amide bonds. The first-order chi connectivity index (χ1) is 8.99. The van der Waals surface area contributed by atoms with Crippen molar-refractivity contribution >= 4 is 11.9 Å². The molecule has 0 radical (unpaired) electrons. The molecule has 3 N–H and O–H groups in total. The van der Waals surface area contributed by atoms with Crippen molar-refractivity contribution < 1.29 is 14.7 Å². The minimum Gasteiger partial charge on any atom is -0.386 e. The Bertz CT molecular complexity index is 402. The number of amides is 3. The first-order valence-corrected chi connectivity index (χ1v) is 7.05. The van der Waals surface area contributed by atoms with Gasteiger partial charge < -0.3 is 20.6 Å². The Kier molecular flexibility index (Phi) is 2.92. The molecule has 19 heavy (non-hydrogen) atoms. The summed E-state index contributed by atoms with van der Waals surface area (Å²) in [5, 5.41) is 10.2. The molecule has 0 aromatic rings. The number of rotatable bonds is 2. The summed E-state index contributed by atoms with van der Waals surface area (Å²) in [6, 6.07) is -0.449. The lowest BCUT2D eigenvalue weighted by Crippen LogP contribution is -2.66. The highest BCUT2D eigenvalue weighted by Gasteiger charge is 2.54. The summed E-state index contributed by atoms with van der Waals surface area (Å²) in [4.78, 5) is 26.7. The average molecular weight is 267 g/mol. The summed E-state index contributed by atoms with van der Waals surface area (Å²) in [5.41, 5.74) is 4.63. The Hall–Kier alpha value is -1.30. The van der Waals surface area contributed by atoms with Gasteiger partial charge >= 0.3 is 6.03 Å². The van der Waals surface area contributed by atoms with Gasteiger partial charge in [-0.1, -0.05) is 0 Å². The van der Waals surface area contributed by atoms with Crippen LogP contribution in [0, 0.1) is 11.8 Å². The Morgan fingerprint density at radius 2 is 1.84 bits per heavy atom. The quantitative estimate of drug-likeness (QED) is 0.724. The fourth-order valence-corrected chi connectivity index (χ4v) is 3.29. The molecule has 0 bridgehead atoms. The molecule has 0 aromatic heterocycles. The van der Waals surface area contributed by atoms with Crippen molar-refractivity contribution in [3.8, 4) is 0 Å². The monoisotopic (exact) mass is 267 g/mol. The molecule has 1 saturated carbocycles. The number of nitrogens with two attached hydrogens (primary N) is 1. The number of carbonyl (C=O) groups is 2. The summed E-state index contributed by atoms with van der Waals surface area (Å²) in [6.07, 6.45) is 3.79. The lowest BCUT2D eigenvalue weighted by molar-refractivity contribution is -0.164. The Morgan fingerprint density at radius 1 is 1.16 bits per heavy atom. The van der Waals surface area contributed by atoms with Crippen LogP contribution in [-0.2, 0) is 4.79 Å². The van der Waals surface area contributed by atoms with Crippen LogP contribution in [-0.4, -0.2) is 58.6 Å². The highest BCUT2D eigenvalue weighted by Crippen LogP contribution is 2.44. The van der Waals surface area contributed by atoms with E-state index in [-0.39, 0.29) is 11.8 Å². The van der Waals surface area contributed by atoms with Gasteiger partial charge in [-0.05, 0) is 31.6 Å². The number of β-amino-alcohol motifs (C(OH)–C–C–N with tert-alkyl or cyclic N) is 1. The van der Waals surface area contributed by atoms with Gasteiger partial charge in [-0.15, -0.1) is 0 Å². The Morgan fingerprint density at radius 3 is 2.42 bits per heavy atom. The molecular formula is C13H21N3O3. The zero-order valence-electron chi connectivity index (χ0n) is 11.0. The molecule has 0 spiro atoms. The second kappa shape index (κ2) is 4.37. The minimum atomic E-state index is -0.631. The topological polar surface area (TPSA) is 86.9 Å². The van der Waals surface area contributed by atoms with Crippen LogP contribution in [0.5, 0.6) is 0 Å². The summed E-state index contributed by atoms with van der Waals surface area (Å²) in [5.74, 6) is 0.311. The lowest BCUT2D eigenvalue weighted by atomic mass is 9.86. The molecule has 2 heterocycles. The molecule has 3 aliphatic rings. The number of hydrogen-bond donors (Lipinski definition) is 2. The normalized spacial score (nSPS) is 29.8. The smallest absolute Gasteiger partial charge is 0.314 e. The lowest BCUT2D eigenvalue weighted by Gasteiger charge is -2.48. The molecule has 106 valence electrons. The van der Waals surface area contributed by atoms with Gasteiger partial charge in [0.05, 0.1) is 19.0 Å². The van der Waals surface area contributed by atoms with Crippen LogP contribution in [0.3, 0.4) is 0 Å². The molecule has 3 fully saturated rings. The van der Waals surface area contributed by atoms with Crippen molar-refractivity contribution in [2.45, 2.75) is 31.3 Å². The third-order valence-electron chi connectivity index (χ3n) is 4.66. The maximum atomic E-state index is 12.3. The van der Waals surface area contributed by atoms with E-state index in [2.05, 4.69) is 0 Å². The number of carbonyl (C=O) groups excluding carboxylic acids is 2. The molecule has 2 saturated heterocycles. The summed E-state index contributed by atoms with van der Waals surface area (Å²) in [7, 11) is 0. The molecule has 6 nitrogen and oxygen atoms in total. The number of likely N-dealkylation sites (tertiary alicyclic amines) is 2. The standard InChI is InChI=1S/C13H21N3O3/c14-12(18)15-5-1-2-9(6-15)11(17)16-7-13(19,8-16)10-3-4-10/h9-10,19H,1-8H2,(H2,14,18). The predicted molar refractivity (Wildman–Crippen MR) is 68.1 cm³/mol. The molecule has 1 atom stereocenters. The van der Waals surface area contributed by atoms with E-state index in [0.29, 0.717) is 32.1 Å². The zero-order valence-corrected chi connectivity index (χ0v) is 11.0. The van der Waals surface area contributed by atoms with Crippen LogP contribution in [0.1, 0.15) is 25.7 Å². The molecule has 3 rings (SSSR count). The fourth-order valence-electron chi connectivity index (χ4n) is 3.29. The van der Waals surface area contributed by atoms with E-state index in [1.807, 2.05) is 0 Å². The van der Waals surface area contributed by atoms with Gasteiger partial charge in [-0.3, -0.25) is 4.79 Å². The van der Waals surface area contributed by atoms with E-state index < -0.39 is 11.6 Å². The van der Waals surface area contributed by atoms with Crippen LogP contribution in [0.2, 0.25) is 0 Å². The third kappa shape index (κ3) is 2.29. The average Bonchev–Trinajstić information content (AvgIpc) is 3.18. The van der Waals surface area contributed by atoms with Crippen LogP contribution in [0.4, 0.5) is 4.79 Å². The SMILES string of the molecule is NC(=O)N1CCCC(C(=O)N2CC(O)(C3CC3)C2)C1. The molecule has 1 aliphatic carbocycles. The van der Waals surface area contributed by atoms with Crippen molar-refractivity contribution in [2.24, 2.45) is 17.6 Å². The first kappa shape index (κ1) is 12.7. The van der Waals surface area contributed by atoms with Crippen LogP contribution in [0.25, 0.3) is 0 Å². The molecule has 0 aromatic carbocycles. The second-order valence-corrected chi connectivity index (χ2v) is 6.20. The summed E-state index contributed by atoms with van der Waals surface area (Å²) >= 11 is 0. The van der Waals surface area contributed by atoms with Crippen molar-refractivity contribution in [2.75, 3.05) is 26.2 Å². The Labute approximate surface area is 112 Å².